The Balaban J connectivity index is 1.49. The van der Waals surface area contributed by atoms with Crippen LogP contribution in [-0.2, 0) is 12.0 Å². The Labute approximate surface area is 158 Å². The number of rotatable bonds is 5. The van der Waals surface area contributed by atoms with Gasteiger partial charge in [-0.2, -0.15) is 4.52 Å². The average molecular weight is 364 g/mol. The second kappa shape index (κ2) is 6.64. The first-order valence-corrected chi connectivity index (χ1v) is 9.27. The number of benzene rings is 1. The van der Waals surface area contributed by atoms with Crippen molar-refractivity contribution in [2.75, 3.05) is 5.32 Å². The molecule has 1 aromatic carbocycles. The molecule has 0 unspecified atom stereocenters. The van der Waals surface area contributed by atoms with Gasteiger partial charge in [-0.3, -0.25) is 4.79 Å². The maximum Gasteiger partial charge on any atom is 0.251 e. The van der Waals surface area contributed by atoms with E-state index in [-0.39, 0.29) is 11.3 Å². The minimum absolute atomic E-state index is 0.00166. The molecule has 1 aliphatic rings. The van der Waals surface area contributed by atoms with Crippen molar-refractivity contribution >= 4 is 17.4 Å². The van der Waals surface area contributed by atoms with Crippen LogP contribution in [0.25, 0.3) is 5.65 Å². The van der Waals surface area contributed by atoms with Crippen LogP contribution in [0.4, 0.5) is 5.82 Å². The second-order valence-electron chi connectivity index (χ2n) is 8.06. The van der Waals surface area contributed by atoms with Gasteiger partial charge in [0.05, 0.1) is 0 Å². The van der Waals surface area contributed by atoms with Crippen LogP contribution in [-0.4, -0.2) is 31.8 Å². The largest absolute Gasteiger partial charge is 0.365 e. The van der Waals surface area contributed by atoms with E-state index in [1.54, 1.807) is 4.52 Å². The van der Waals surface area contributed by atoms with Crippen LogP contribution in [0.1, 0.15) is 55.4 Å². The van der Waals surface area contributed by atoms with Gasteiger partial charge in [-0.25, -0.2) is 0 Å². The van der Waals surface area contributed by atoms with E-state index in [0.29, 0.717) is 18.2 Å². The molecule has 0 aliphatic heterocycles. The van der Waals surface area contributed by atoms with Gasteiger partial charge < -0.3 is 10.6 Å². The fourth-order valence-electron chi connectivity index (χ4n) is 2.86. The molecule has 1 saturated carbocycles. The molecule has 0 radical (unpaired) electrons. The van der Waals surface area contributed by atoms with Crippen molar-refractivity contribution in [1.82, 2.24) is 25.1 Å². The van der Waals surface area contributed by atoms with Gasteiger partial charge in [-0.15, -0.1) is 15.3 Å². The highest BCUT2D eigenvalue weighted by Crippen LogP contribution is 2.21. The zero-order valence-electron chi connectivity index (χ0n) is 15.9. The molecule has 2 aromatic heterocycles. The molecule has 4 rings (SSSR count). The lowest BCUT2D eigenvalue weighted by Gasteiger charge is -2.15. The summed E-state index contributed by atoms with van der Waals surface area (Å²) in [5, 5.41) is 19.4. The van der Waals surface area contributed by atoms with Crippen molar-refractivity contribution in [3.63, 3.8) is 0 Å². The van der Waals surface area contributed by atoms with Crippen LogP contribution in [0, 0.1) is 0 Å². The molecule has 7 heteroatoms. The van der Waals surface area contributed by atoms with Crippen LogP contribution < -0.4 is 10.6 Å². The molecule has 27 heavy (non-hydrogen) atoms. The Morgan fingerprint density at radius 1 is 1.19 bits per heavy atom. The van der Waals surface area contributed by atoms with Gasteiger partial charge in [-0.1, -0.05) is 32.9 Å². The quantitative estimate of drug-likeness (QED) is 0.727. The molecule has 140 valence electrons. The zero-order chi connectivity index (χ0) is 19.0. The van der Waals surface area contributed by atoms with E-state index >= 15 is 0 Å². The molecule has 2 heterocycles. The summed E-state index contributed by atoms with van der Waals surface area (Å²) in [6.07, 6.45) is 2.17. The van der Waals surface area contributed by atoms with Gasteiger partial charge in [0.15, 0.2) is 11.5 Å². The van der Waals surface area contributed by atoms with Gasteiger partial charge in [0.2, 0.25) is 0 Å². The highest BCUT2D eigenvalue weighted by atomic mass is 16.1. The maximum absolute atomic E-state index is 12.2. The Kier molecular flexibility index (Phi) is 4.30. The Bertz CT molecular complexity index is 984. The molecule has 1 aliphatic carbocycles. The summed E-state index contributed by atoms with van der Waals surface area (Å²) >= 11 is 0. The number of carbonyl (C=O) groups is 1. The minimum Gasteiger partial charge on any atom is -0.365 e. The summed E-state index contributed by atoms with van der Waals surface area (Å²) in [6.45, 7) is 6.84. The van der Waals surface area contributed by atoms with E-state index in [9.17, 15) is 4.79 Å². The Morgan fingerprint density at radius 2 is 2.00 bits per heavy atom. The van der Waals surface area contributed by atoms with Crippen LogP contribution >= 0.6 is 0 Å². The molecule has 0 bridgehead atoms. The fraction of sp³-hybridized carbons (Fsp3) is 0.400. The lowest BCUT2D eigenvalue weighted by Crippen LogP contribution is -2.25. The molecular weight excluding hydrogens is 340 g/mol. The van der Waals surface area contributed by atoms with Crippen molar-refractivity contribution in [2.45, 2.75) is 51.6 Å². The first kappa shape index (κ1) is 17.5. The third kappa shape index (κ3) is 3.92. The van der Waals surface area contributed by atoms with E-state index in [0.717, 1.165) is 35.7 Å². The monoisotopic (exact) mass is 364 g/mol. The van der Waals surface area contributed by atoms with Crippen LogP contribution in [0.3, 0.4) is 0 Å². The first-order chi connectivity index (χ1) is 12.9. The van der Waals surface area contributed by atoms with Gasteiger partial charge in [-0.05, 0) is 42.7 Å². The number of carbonyl (C=O) groups excluding carboxylic acids is 1. The first-order valence-electron chi connectivity index (χ1n) is 9.27. The van der Waals surface area contributed by atoms with Crippen LogP contribution in [0.5, 0.6) is 0 Å². The van der Waals surface area contributed by atoms with Gasteiger partial charge >= 0.3 is 0 Å². The lowest BCUT2D eigenvalue weighted by atomic mass is 9.96. The summed E-state index contributed by atoms with van der Waals surface area (Å²) in [5.74, 6) is 1.55. The topological polar surface area (TPSA) is 84.2 Å². The second-order valence-corrected chi connectivity index (χ2v) is 8.06. The highest BCUT2D eigenvalue weighted by molar-refractivity contribution is 5.94. The third-order valence-corrected chi connectivity index (χ3v) is 4.51. The van der Waals surface area contributed by atoms with Crippen molar-refractivity contribution in [2.24, 2.45) is 0 Å². The summed E-state index contributed by atoms with van der Waals surface area (Å²) in [4.78, 5) is 12.2. The number of hydrogen-bond acceptors (Lipinski definition) is 5. The molecule has 1 fully saturated rings. The average Bonchev–Trinajstić information content (AvgIpc) is 3.34. The van der Waals surface area contributed by atoms with E-state index in [2.05, 4.69) is 46.7 Å². The molecule has 0 atom stereocenters. The van der Waals surface area contributed by atoms with E-state index < -0.39 is 0 Å². The third-order valence-electron chi connectivity index (χ3n) is 4.51. The number of nitrogens with zero attached hydrogens (tertiary/aromatic N) is 4. The van der Waals surface area contributed by atoms with Crippen LogP contribution in [0.2, 0.25) is 0 Å². The normalized spacial score (nSPS) is 14.3. The van der Waals surface area contributed by atoms with E-state index in [4.69, 9.17) is 0 Å². The molecule has 7 nitrogen and oxygen atoms in total. The maximum atomic E-state index is 12.2. The van der Waals surface area contributed by atoms with Gasteiger partial charge in [0.1, 0.15) is 5.82 Å². The molecule has 1 amide bonds. The minimum atomic E-state index is -0.145. The highest BCUT2D eigenvalue weighted by Gasteiger charge is 2.24. The van der Waals surface area contributed by atoms with Gasteiger partial charge in [0.25, 0.3) is 5.91 Å². The number of aromatic nitrogens is 4. The Hall–Kier alpha value is -2.96. The van der Waals surface area contributed by atoms with Crippen molar-refractivity contribution in [1.29, 1.82) is 0 Å². The fourth-order valence-corrected chi connectivity index (χ4v) is 2.86. The number of amides is 1. The SMILES string of the molecule is CC(C)(C)c1nnc2ccc(NCc3cccc(C(=O)NC4CC4)c3)nn12. The Morgan fingerprint density at radius 3 is 2.74 bits per heavy atom. The van der Waals surface area contributed by atoms with Crippen LogP contribution in [0.15, 0.2) is 36.4 Å². The number of anilines is 1. The van der Waals surface area contributed by atoms with Crippen molar-refractivity contribution < 1.29 is 4.79 Å². The summed E-state index contributed by atoms with van der Waals surface area (Å²) in [5.41, 5.74) is 2.30. The predicted octanol–water partition coefficient (Wildman–Crippen LogP) is 2.93. The number of hydrogen-bond donors (Lipinski definition) is 2. The molecule has 3 aromatic rings. The van der Waals surface area contributed by atoms with Crippen molar-refractivity contribution in [3.05, 3.63) is 53.3 Å². The van der Waals surface area contributed by atoms with Gasteiger partial charge in [0, 0.05) is 23.6 Å². The van der Waals surface area contributed by atoms with E-state index in [1.165, 1.54) is 0 Å². The molecule has 0 saturated heterocycles. The summed E-state index contributed by atoms with van der Waals surface area (Å²) < 4.78 is 1.78. The summed E-state index contributed by atoms with van der Waals surface area (Å²) in [6, 6.07) is 11.8. The predicted molar refractivity (Wildman–Crippen MR) is 104 cm³/mol. The zero-order valence-corrected chi connectivity index (χ0v) is 15.9. The molecule has 0 spiro atoms. The standard InChI is InChI=1S/C20H24N6O/c1-20(2,3)19-24-23-17-10-9-16(25-26(17)19)21-12-13-5-4-6-14(11-13)18(27)22-15-7-8-15/h4-6,9-11,15H,7-8,12H2,1-3H3,(H,21,25)(H,22,27). The summed E-state index contributed by atoms with van der Waals surface area (Å²) in [7, 11) is 0. The molecule has 2 N–H and O–H groups in total. The van der Waals surface area contributed by atoms with E-state index in [1.807, 2.05) is 36.4 Å². The number of nitrogens with one attached hydrogen (secondary N) is 2. The lowest BCUT2D eigenvalue weighted by molar-refractivity contribution is 0.0951. The smallest absolute Gasteiger partial charge is 0.251 e. The number of fused-ring (bicyclic) bond motifs is 1. The van der Waals surface area contributed by atoms with Crippen molar-refractivity contribution in [3.8, 4) is 0 Å². The molecular formula is C20H24N6O.